The van der Waals surface area contributed by atoms with E-state index in [1.165, 1.54) is 0 Å². The highest BCUT2D eigenvalue weighted by molar-refractivity contribution is 5.77. The van der Waals surface area contributed by atoms with Gasteiger partial charge in [-0.2, -0.15) is 5.10 Å². The molecule has 3 heterocycles. The molecule has 7 nitrogen and oxygen atoms in total. The smallest absolute Gasteiger partial charge is 0.248 e. The van der Waals surface area contributed by atoms with Crippen LogP contribution in [0.5, 0.6) is 0 Å². The molecule has 3 rings (SSSR count). The van der Waals surface area contributed by atoms with E-state index in [0.717, 1.165) is 43.0 Å². The van der Waals surface area contributed by atoms with Crippen LogP contribution >= 0.6 is 0 Å². The van der Waals surface area contributed by atoms with Crippen molar-refractivity contribution in [1.29, 1.82) is 0 Å². The molecule has 24 heavy (non-hydrogen) atoms. The maximum absolute atomic E-state index is 12.1. The fraction of sp³-hybridized carbons (Fsp3) is 0.529. The van der Waals surface area contributed by atoms with Crippen molar-refractivity contribution < 1.29 is 9.53 Å². The van der Waals surface area contributed by atoms with Crippen LogP contribution in [0.3, 0.4) is 0 Å². The first-order valence-electron chi connectivity index (χ1n) is 8.34. The van der Waals surface area contributed by atoms with Crippen LogP contribution in [0, 0.1) is 0 Å². The summed E-state index contributed by atoms with van der Waals surface area (Å²) < 4.78 is 6.90. The van der Waals surface area contributed by atoms with E-state index in [0.29, 0.717) is 6.54 Å². The Morgan fingerprint density at radius 1 is 1.33 bits per heavy atom. The Balaban J connectivity index is 1.88. The average Bonchev–Trinajstić information content (AvgIpc) is 3.10. The third kappa shape index (κ3) is 3.31. The van der Waals surface area contributed by atoms with E-state index in [9.17, 15) is 4.79 Å². The molecule has 128 valence electrons. The predicted molar refractivity (Wildman–Crippen MR) is 89.4 cm³/mol. The molecule has 1 aliphatic heterocycles. The summed E-state index contributed by atoms with van der Waals surface area (Å²) in [6.07, 6.45) is 7.18. The first-order chi connectivity index (χ1) is 11.7. The molecule has 0 saturated carbocycles. The lowest BCUT2D eigenvalue weighted by atomic mass is 9.92. The van der Waals surface area contributed by atoms with Crippen LogP contribution in [-0.4, -0.2) is 57.4 Å². The molecule has 1 atom stereocenters. The van der Waals surface area contributed by atoms with Crippen LogP contribution in [-0.2, 0) is 16.1 Å². The normalized spacial score (nSPS) is 17.9. The van der Waals surface area contributed by atoms with Crippen molar-refractivity contribution in [2.45, 2.75) is 32.2 Å². The molecule has 1 fully saturated rings. The van der Waals surface area contributed by atoms with Gasteiger partial charge in [-0.1, -0.05) is 0 Å². The average molecular weight is 329 g/mol. The molecule has 2 aromatic rings. The van der Waals surface area contributed by atoms with Gasteiger partial charge in [0.15, 0.2) is 0 Å². The van der Waals surface area contributed by atoms with Gasteiger partial charge in [-0.25, -0.2) is 0 Å². The standard InChI is InChI=1S/C17H23N5O2/c1-3-22-14(6-7-20-22)17-16(18-8-9-19-17)13-5-4-10-21(11-13)15(23)12-24-2/h6-9,13H,3-5,10-12H2,1-2H3/t13-/m1/s1. The fourth-order valence-corrected chi connectivity index (χ4v) is 3.27. The summed E-state index contributed by atoms with van der Waals surface area (Å²) >= 11 is 0. The van der Waals surface area contributed by atoms with Gasteiger partial charge in [0, 0.05) is 51.3 Å². The molecule has 0 radical (unpaired) electrons. The molecule has 0 aromatic carbocycles. The zero-order valence-corrected chi connectivity index (χ0v) is 14.2. The quantitative estimate of drug-likeness (QED) is 0.835. The Labute approximate surface area is 141 Å². The van der Waals surface area contributed by atoms with Crippen LogP contribution in [0.1, 0.15) is 31.4 Å². The van der Waals surface area contributed by atoms with Crippen LogP contribution in [0.25, 0.3) is 11.4 Å². The maximum Gasteiger partial charge on any atom is 0.248 e. The van der Waals surface area contributed by atoms with Crippen LogP contribution in [0.4, 0.5) is 0 Å². The van der Waals surface area contributed by atoms with Gasteiger partial charge in [0.1, 0.15) is 12.3 Å². The monoisotopic (exact) mass is 329 g/mol. The number of nitrogens with zero attached hydrogens (tertiary/aromatic N) is 5. The van der Waals surface area contributed by atoms with Crippen molar-refractivity contribution in [3.63, 3.8) is 0 Å². The first kappa shape index (κ1) is 16.6. The van der Waals surface area contributed by atoms with E-state index >= 15 is 0 Å². The van der Waals surface area contributed by atoms with Crippen LogP contribution in [0.2, 0.25) is 0 Å². The Kier molecular flexibility index (Phi) is 5.20. The first-order valence-corrected chi connectivity index (χ1v) is 8.34. The van der Waals surface area contributed by atoms with Gasteiger partial charge >= 0.3 is 0 Å². The molecule has 0 unspecified atom stereocenters. The van der Waals surface area contributed by atoms with Crippen molar-refractivity contribution in [2.24, 2.45) is 0 Å². The number of ether oxygens (including phenoxy) is 1. The Hall–Kier alpha value is -2.28. The van der Waals surface area contributed by atoms with Crippen LogP contribution < -0.4 is 0 Å². The number of likely N-dealkylation sites (tertiary alicyclic amines) is 1. The van der Waals surface area contributed by atoms with Gasteiger partial charge < -0.3 is 9.64 Å². The number of hydrogen-bond acceptors (Lipinski definition) is 5. The van der Waals surface area contributed by atoms with Crippen LogP contribution in [0.15, 0.2) is 24.7 Å². The lowest BCUT2D eigenvalue weighted by Crippen LogP contribution is -2.41. The number of amides is 1. The van der Waals surface area contributed by atoms with E-state index in [4.69, 9.17) is 4.74 Å². The molecule has 1 saturated heterocycles. The zero-order chi connectivity index (χ0) is 16.9. The molecule has 0 N–H and O–H groups in total. The number of carbonyl (C=O) groups excluding carboxylic acids is 1. The van der Waals surface area contributed by atoms with Crippen molar-refractivity contribution in [2.75, 3.05) is 26.8 Å². The summed E-state index contributed by atoms with van der Waals surface area (Å²) in [5.74, 6) is 0.217. The Morgan fingerprint density at radius 2 is 2.17 bits per heavy atom. The lowest BCUT2D eigenvalue weighted by Gasteiger charge is -2.32. The molecular weight excluding hydrogens is 306 g/mol. The summed E-state index contributed by atoms with van der Waals surface area (Å²) in [7, 11) is 1.55. The topological polar surface area (TPSA) is 73.1 Å². The second kappa shape index (κ2) is 7.53. The van der Waals surface area contributed by atoms with Crippen molar-refractivity contribution in [3.8, 4) is 11.4 Å². The molecule has 1 amide bonds. The third-order valence-corrected chi connectivity index (χ3v) is 4.41. The van der Waals surface area contributed by atoms with Crippen molar-refractivity contribution in [3.05, 3.63) is 30.4 Å². The molecule has 0 spiro atoms. The lowest BCUT2D eigenvalue weighted by molar-refractivity contribution is -0.136. The number of hydrogen-bond donors (Lipinski definition) is 0. The SMILES string of the molecule is CCn1nccc1-c1nccnc1[C@@H]1CCCN(C(=O)COC)C1. The van der Waals surface area contributed by atoms with Gasteiger partial charge in [0.2, 0.25) is 5.91 Å². The van der Waals surface area contributed by atoms with Gasteiger partial charge in [-0.15, -0.1) is 0 Å². The number of aromatic nitrogens is 4. The number of carbonyl (C=O) groups is 1. The van der Waals surface area contributed by atoms with E-state index in [1.807, 2.05) is 15.6 Å². The number of rotatable bonds is 5. The molecule has 0 bridgehead atoms. The molecule has 2 aromatic heterocycles. The highest BCUT2D eigenvalue weighted by Crippen LogP contribution is 2.31. The van der Waals surface area contributed by atoms with E-state index < -0.39 is 0 Å². The fourth-order valence-electron chi connectivity index (χ4n) is 3.27. The number of piperidine rings is 1. The van der Waals surface area contributed by atoms with E-state index in [2.05, 4.69) is 22.0 Å². The number of methoxy groups -OCH3 is 1. The highest BCUT2D eigenvalue weighted by Gasteiger charge is 2.28. The van der Waals surface area contributed by atoms with Gasteiger partial charge in [-0.3, -0.25) is 19.4 Å². The minimum atomic E-state index is 0.0336. The summed E-state index contributed by atoms with van der Waals surface area (Å²) in [4.78, 5) is 23.2. The summed E-state index contributed by atoms with van der Waals surface area (Å²) in [6.45, 7) is 4.40. The van der Waals surface area contributed by atoms with E-state index in [-0.39, 0.29) is 18.4 Å². The maximum atomic E-state index is 12.1. The van der Waals surface area contributed by atoms with Gasteiger partial charge in [0.05, 0.1) is 11.4 Å². The molecule has 7 heteroatoms. The summed E-state index contributed by atoms with van der Waals surface area (Å²) in [5, 5.41) is 4.33. The van der Waals surface area contributed by atoms with E-state index in [1.54, 1.807) is 25.7 Å². The summed E-state index contributed by atoms with van der Waals surface area (Å²) in [5.41, 5.74) is 2.78. The van der Waals surface area contributed by atoms with Crippen molar-refractivity contribution >= 4 is 5.91 Å². The third-order valence-electron chi connectivity index (χ3n) is 4.41. The van der Waals surface area contributed by atoms with Gasteiger partial charge in [-0.05, 0) is 25.8 Å². The zero-order valence-electron chi connectivity index (χ0n) is 14.2. The predicted octanol–water partition coefficient (Wildman–Crippen LogP) is 1.71. The largest absolute Gasteiger partial charge is 0.375 e. The molecule has 1 aliphatic rings. The van der Waals surface area contributed by atoms with Crippen molar-refractivity contribution in [1.82, 2.24) is 24.6 Å². The summed E-state index contributed by atoms with van der Waals surface area (Å²) in [6, 6.07) is 1.97. The number of aryl methyl sites for hydroxylation is 1. The molecule has 0 aliphatic carbocycles. The van der Waals surface area contributed by atoms with Gasteiger partial charge in [0.25, 0.3) is 0 Å². The Bertz CT molecular complexity index is 700. The second-order valence-corrected chi connectivity index (χ2v) is 5.93. The minimum Gasteiger partial charge on any atom is -0.375 e. The highest BCUT2D eigenvalue weighted by atomic mass is 16.5. The Morgan fingerprint density at radius 3 is 2.96 bits per heavy atom. The minimum absolute atomic E-state index is 0.0336. The molecular formula is C17H23N5O2. The second-order valence-electron chi connectivity index (χ2n) is 5.93.